The molecule has 2 aromatic rings. The molecule has 1 saturated heterocycles. The number of furan rings is 1. The van der Waals surface area contributed by atoms with Crippen molar-refractivity contribution in [2.24, 2.45) is 0 Å². The number of carbonyl (C=O) groups excluding carboxylic acids is 1. The van der Waals surface area contributed by atoms with Crippen molar-refractivity contribution in [2.45, 2.75) is 24.8 Å². The van der Waals surface area contributed by atoms with E-state index in [9.17, 15) is 18.0 Å². The van der Waals surface area contributed by atoms with E-state index in [4.69, 9.17) is 23.7 Å². The highest BCUT2D eigenvalue weighted by atomic mass is 19.4. The van der Waals surface area contributed by atoms with Crippen LogP contribution in [0, 0.1) is 0 Å². The molecule has 27 heavy (non-hydrogen) atoms. The van der Waals surface area contributed by atoms with Crippen LogP contribution in [0.1, 0.15) is 6.42 Å². The highest BCUT2D eigenvalue weighted by Crippen LogP contribution is 2.34. The van der Waals surface area contributed by atoms with E-state index in [1.165, 1.54) is 24.3 Å². The van der Waals surface area contributed by atoms with Gasteiger partial charge in [-0.25, -0.2) is 4.79 Å². The molecule has 0 aliphatic carbocycles. The first-order valence-electron chi connectivity index (χ1n) is 8.15. The Morgan fingerprint density at radius 1 is 1.41 bits per heavy atom. The standard InChI is InChI=1S/C17H18F3NO6/c1-24-8-11-7-21(16(23)27-11)13-9-26-14-6-10(2-3-12(13)14)25-5-4-15(22)17(18,19)20/h2-3,6,9,11,15,22H,4-5,7-8H2,1H3/t11-,15-/m1/s1. The number of anilines is 1. The Balaban J connectivity index is 1.67. The van der Waals surface area contributed by atoms with Gasteiger partial charge in [-0.1, -0.05) is 0 Å². The van der Waals surface area contributed by atoms with Crippen molar-refractivity contribution in [1.29, 1.82) is 0 Å². The summed E-state index contributed by atoms with van der Waals surface area (Å²) in [5, 5.41) is 9.59. The average molecular weight is 389 g/mol. The number of hydrogen-bond donors (Lipinski definition) is 1. The minimum atomic E-state index is -4.67. The Morgan fingerprint density at radius 2 is 2.19 bits per heavy atom. The summed E-state index contributed by atoms with van der Waals surface area (Å²) in [6.07, 6.45) is -7.17. The second-order valence-corrected chi connectivity index (χ2v) is 6.05. The quantitative estimate of drug-likeness (QED) is 0.784. The van der Waals surface area contributed by atoms with E-state index in [2.05, 4.69) is 0 Å². The molecule has 1 amide bonds. The van der Waals surface area contributed by atoms with Crippen LogP contribution in [-0.2, 0) is 9.47 Å². The van der Waals surface area contributed by atoms with Crippen molar-refractivity contribution in [3.8, 4) is 5.75 Å². The molecule has 1 fully saturated rings. The highest BCUT2D eigenvalue weighted by Gasteiger charge is 2.38. The van der Waals surface area contributed by atoms with Gasteiger partial charge in [-0.3, -0.25) is 4.90 Å². The number of aliphatic hydroxyl groups is 1. The molecule has 0 radical (unpaired) electrons. The zero-order chi connectivity index (χ0) is 19.6. The van der Waals surface area contributed by atoms with Gasteiger partial charge in [-0.05, 0) is 12.1 Å². The summed E-state index contributed by atoms with van der Waals surface area (Å²) in [5.41, 5.74) is 0.925. The number of methoxy groups -OCH3 is 1. The Bertz CT molecular complexity index is 806. The fourth-order valence-corrected chi connectivity index (χ4v) is 2.74. The van der Waals surface area contributed by atoms with Crippen LogP contribution in [0.15, 0.2) is 28.9 Å². The number of fused-ring (bicyclic) bond motifs is 1. The number of benzene rings is 1. The minimum absolute atomic E-state index is 0.278. The molecular weight excluding hydrogens is 371 g/mol. The molecule has 1 aromatic carbocycles. The molecular formula is C17H18F3NO6. The van der Waals surface area contributed by atoms with E-state index in [0.717, 1.165) is 0 Å². The maximum absolute atomic E-state index is 12.3. The Hall–Kier alpha value is -2.46. The monoisotopic (exact) mass is 389 g/mol. The lowest BCUT2D eigenvalue weighted by atomic mass is 10.2. The molecule has 1 N–H and O–H groups in total. The number of amides is 1. The van der Waals surface area contributed by atoms with E-state index in [0.29, 0.717) is 29.0 Å². The number of rotatable bonds is 7. The summed E-state index contributed by atoms with van der Waals surface area (Å²) in [6.45, 7) is 0.283. The number of aliphatic hydroxyl groups excluding tert-OH is 1. The molecule has 2 atom stereocenters. The van der Waals surface area contributed by atoms with Gasteiger partial charge in [0.25, 0.3) is 0 Å². The van der Waals surface area contributed by atoms with Crippen molar-refractivity contribution >= 4 is 22.7 Å². The second-order valence-electron chi connectivity index (χ2n) is 6.05. The van der Waals surface area contributed by atoms with E-state index in [-0.39, 0.29) is 19.3 Å². The lowest BCUT2D eigenvalue weighted by Gasteiger charge is -2.14. The Labute approximate surface area is 152 Å². The van der Waals surface area contributed by atoms with Crippen LogP contribution in [0.3, 0.4) is 0 Å². The smallest absolute Gasteiger partial charge is 0.414 e. The molecule has 7 nitrogen and oxygen atoms in total. The summed E-state index contributed by atoms with van der Waals surface area (Å²) in [4.78, 5) is 13.4. The number of halogens is 3. The van der Waals surface area contributed by atoms with Gasteiger partial charge in [0.1, 0.15) is 23.7 Å². The van der Waals surface area contributed by atoms with E-state index >= 15 is 0 Å². The molecule has 10 heteroatoms. The lowest BCUT2D eigenvalue weighted by Crippen LogP contribution is -2.30. The molecule has 1 aliphatic heterocycles. The zero-order valence-electron chi connectivity index (χ0n) is 14.4. The van der Waals surface area contributed by atoms with Crippen LogP contribution in [-0.4, -0.2) is 56.5 Å². The largest absolute Gasteiger partial charge is 0.493 e. The predicted molar refractivity (Wildman–Crippen MR) is 87.9 cm³/mol. The van der Waals surface area contributed by atoms with Crippen LogP contribution in [0.25, 0.3) is 11.0 Å². The molecule has 0 saturated carbocycles. The van der Waals surface area contributed by atoms with Gasteiger partial charge in [-0.2, -0.15) is 13.2 Å². The zero-order valence-corrected chi connectivity index (χ0v) is 14.4. The van der Waals surface area contributed by atoms with E-state index in [1.807, 2.05) is 0 Å². The third-order valence-electron chi connectivity index (χ3n) is 4.08. The van der Waals surface area contributed by atoms with Crippen molar-refractivity contribution < 1.29 is 41.7 Å². The molecule has 0 unspecified atom stereocenters. The van der Waals surface area contributed by atoms with Gasteiger partial charge in [0.2, 0.25) is 0 Å². The summed E-state index contributed by atoms with van der Waals surface area (Å²) in [6, 6.07) is 4.70. The summed E-state index contributed by atoms with van der Waals surface area (Å²) in [5.74, 6) is 0.291. The molecule has 1 aromatic heterocycles. The highest BCUT2D eigenvalue weighted by molar-refractivity contribution is 6.01. The van der Waals surface area contributed by atoms with Crippen LogP contribution in [0.2, 0.25) is 0 Å². The first kappa shape index (κ1) is 19.3. The van der Waals surface area contributed by atoms with Crippen molar-refractivity contribution in [3.63, 3.8) is 0 Å². The summed E-state index contributed by atoms with van der Waals surface area (Å²) < 4.78 is 57.7. The number of carbonyl (C=O) groups is 1. The minimum Gasteiger partial charge on any atom is -0.493 e. The van der Waals surface area contributed by atoms with Crippen molar-refractivity contribution in [1.82, 2.24) is 0 Å². The number of alkyl halides is 3. The first-order chi connectivity index (χ1) is 12.8. The molecule has 3 rings (SSSR count). The van der Waals surface area contributed by atoms with Gasteiger partial charge < -0.3 is 23.7 Å². The Kier molecular flexibility index (Phi) is 5.47. The van der Waals surface area contributed by atoms with Crippen LogP contribution < -0.4 is 9.64 Å². The average Bonchev–Trinajstić information content (AvgIpc) is 3.17. The van der Waals surface area contributed by atoms with Gasteiger partial charge >= 0.3 is 12.3 Å². The Morgan fingerprint density at radius 3 is 2.89 bits per heavy atom. The summed E-state index contributed by atoms with van der Waals surface area (Å²) >= 11 is 0. The maximum atomic E-state index is 12.3. The van der Waals surface area contributed by atoms with Crippen molar-refractivity contribution in [2.75, 3.05) is 31.8 Å². The fourth-order valence-electron chi connectivity index (χ4n) is 2.74. The third-order valence-corrected chi connectivity index (χ3v) is 4.08. The molecule has 148 valence electrons. The van der Waals surface area contributed by atoms with Gasteiger partial charge in [0, 0.05) is 25.0 Å². The van der Waals surface area contributed by atoms with Crippen LogP contribution >= 0.6 is 0 Å². The van der Waals surface area contributed by atoms with E-state index in [1.54, 1.807) is 12.1 Å². The first-order valence-corrected chi connectivity index (χ1v) is 8.15. The number of hydrogen-bond acceptors (Lipinski definition) is 6. The van der Waals surface area contributed by atoms with Crippen LogP contribution in [0.5, 0.6) is 5.75 Å². The van der Waals surface area contributed by atoms with E-state index < -0.39 is 24.8 Å². The molecule has 1 aliphatic rings. The normalized spacial score (nSPS) is 18.8. The number of ether oxygens (including phenoxy) is 3. The number of nitrogens with zero attached hydrogens (tertiary/aromatic N) is 1. The molecule has 2 heterocycles. The van der Waals surface area contributed by atoms with Gasteiger partial charge in [-0.15, -0.1) is 0 Å². The van der Waals surface area contributed by atoms with Gasteiger partial charge in [0.05, 0.1) is 25.4 Å². The SMILES string of the molecule is COC[C@H]1CN(c2coc3cc(OCC[C@@H](O)C(F)(F)F)ccc23)C(=O)O1. The lowest BCUT2D eigenvalue weighted by molar-refractivity contribution is -0.206. The van der Waals surface area contributed by atoms with Crippen LogP contribution in [0.4, 0.5) is 23.7 Å². The molecule has 0 spiro atoms. The predicted octanol–water partition coefficient (Wildman–Crippen LogP) is 3.10. The summed E-state index contributed by atoms with van der Waals surface area (Å²) in [7, 11) is 1.51. The maximum Gasteiger partial charge on any atom is 0.414 e. The fraction of sp³-hybridized carbons (Fsp3) is 0.471. The third kappa shape index (κ3) is 4.28. The number of cyclic esters (lactones) is 1. The molecule has 0 bridgehead atoms. The topological polar surface area (TPSA) is 81.4 Å². The van der Waals surface area contributed by atoms with Gasteiger partial charge in [0.15, 0.2) is 6.10 Å². The van der Waals surface area contributed by atoms with Crippen molar-refractivity contribution in [3.05, 3.63) is 24.5 Å². The second kappa shape index (κ2) is 7.65.